The van der Waals surface area contributed by atoms with Gasteiger partial charge < -0.3 is 14.7 Å². The van der Waals surface area contributed by atoms with Gasteiger partial charge in [-0.2, -0.15) is 0 Å². The predicted molar refractivity (Wildman–Crippen MR) is 150 cm³/mol. The van der Waals surface area contributed by atoms with Crippen molar-refractivity contribution < 1.29 is 22.9 Å². The van der Waals surface area contributed by atoms with Crippen molar-refractivity contribution in [3.8, 4) is 16.3 Å². The Bertz CT molecular complexity index is 1790. The number of benzene rings is 2. The third-order valence-electron chi connectivity index (χ3n) is 7.28. The zero-order valence-corrected chi connectivity index (χ0v) is 23.4. The van der Waals surface area contributed by atoms with Crippen LogP contribution in [0, 0.1) is 25.5 Å². The Morgan fingerprint density at radius 1 is 1.15 bits per heavy atom. The van der Waals surface area contributed by atoms with E-state index in [0.717, 1.165) is 34.5 Å². The van der Waals surface area contributed by atoms with Crippen molar-refractivity contribution in [2.24, 2.45) is 0 Å². The molecule has 1 saturated heterocycles. The molecule has 0 bridgehead atoms. The molecule has 1 aliphatic heterocycles. The first-order chi connectivity index (χ1) is 19.7. The number of imidazole rings is 1. The number of amides is 2. The number of piperidine rings is 1. The second kappa shape index (κ2) is 10.5. The van der Waals surface area contributed by atoms with E-state index in [2.05, 4.69) is 10.5 Å². The Hall–Kier alpha value is -4.45. The van der Waals surface area contributed by atoms with Crippen LogP contribution >= 0.6 is 11.3 Å². The molecule has 3 aromatic heterocycles. The van der Waals surface area contributed by atoms with E-state index in [9.17, 15) is 18.4 Å². The number of aryl methyl sites for hydroxylation is 2. The summed E-state index contributed by atoms with van der Waals surface area (Å²) in [7, 11) is 1.57. The van der Waals surface area contributed by atoms with Crippen molar-refractivity contribution in [3.63, 3.8) is 0 Å². The largest absolute Gasteiger partial charge is 0.361 e. The number of carbonyl (C=O) groups excluding carboxylic acids is 2. The number of halogens is 2. The zero-order chi connectivity index (χ0) is 28.8. The summed E-state index contributed by atoms with van der Waals surface area (Å²) in [4.78, 5) is 36.5. The second-order valence-electron chi connectivity index (χ2n) is 9.95. The third kappa shape index (κ3) is 4.77. The first-order valence-corrected chi connectivity index (χ1v) is 14.0. The summed E-state index contributed by atoms with van der Waals surface area (Å²) in [6, 6.07) is 8.72. The van der Waals surface area contributed by atoms with E-state index < -0.39 is 17.7 Å². The predicted octanol–water partition coefficient (Wildman–Crippen LogP) is 5.58. The van der Waals surface area contributed by atoms with E-state index >= 15 is 0 Å². The summed E-state index contributed by atoms with van der Waals surface area (Å²) in [5.41, 5.74) is 4.77. The highest BCUT2D eigenvalue weighted by atomic mass is 32.1. The molecular formula is C29H26F2N6O3S. The third-order valence-corrected chi connectivity index (χ3v) is 8.16. The van der Waals surface area contributed by atoms with Crippen LogP contribution < -0.4 is 10.2 Å². The topological polar surface area (TPSA) is 106 Å². The smallest absolute Gasteiger partial charge is 0.227 e. The van der Waals surface area contributed by atoms with Crippen LogP contribution in [0.4, 0.5) is 14.5 Å². The molecule has 4 heterocycles. The Morgan fingerprint density at radius 3 is 2.71 bits per heavy atom. The standard InChI is InChI=1S/C29H26F2N6O3S/c1-15-27(16(2)40-35-15)17-7-10-23-22(11-17)34-28(37(23)29-33-18(14-41-29)12-25(38)32-3)24-5-4-6-26(39)36(24)19-8-9-20(30)21(31)13-19/h7-11,13-14,24H,4-6,12H2,1-3H3,(H,32,38). The molecule has 9 nitrogen and oxygen atoms in total. The summed E-state index contributed by atoms with van der Waals surface area (Å²) >= 11 is 1.36. The van der Waals surface area contributed by atoms with Crippen molar-refractivity contribution >= 4 is 39.9 Å². The van der Waals surface area contributed by atoms with Crippen LogP contribution in [0.1, 0.15) is 48.3 Å². The molecule has 2 aromatic carbocycles. The maximum Gasteiger partial charge on any atom is 0.227 e. The summed E-state index contributed by atoms with van der Waals surface area (Å²) in [5.74, 6) is -1.17. The van der Waals surface area contributed by atoms with Gasteiger partial charge in [-0.1, -0.05) is 11.2 Å². The van der Waals surface area contributed by atoms with Gasteiger partial charge in [-0.3, -0.25) is 14.2 Å². The highest BCUT2D eigenvalue weighted by molar-refractivity contribution is 7.12. The van der Waals surface area contributed by atoms with E-state index in [1.807, 2.05) is 42.0 Å². The van der Waals surface area contributed by atoms with Crippen LogP contribution in [-0.4, -0.2) is 38.6 Å². The van der Waals surface area contributed by atoms with Crippen molar-refractivity contribution in [2.45, 2.75) is 45.6 Å². The van der Waals surface area contributed by atoms with Crippen LogP contribution in [0.2, 0.25) is 0 Å². The van der Waals surface area contributed by atoms with Crippen LogP contribution in [0.3, 0.4) is 0 Å². The van der Waals surface area contributed by atoms with E-state index in [4.69, 9.17) is 14.5 Å². The molecule has 41 heavy (non-hydrogen) atoms. The zero-order valence-electron chi connectivity index (χ0n) is 22.6. The second-order valence-corrected chi connectivity index (χ2v) is 10.8. The van der Waals surface area contributed by atoms with Gasteiger partial charge in [0, 0.05) is 36.2 Å². The minimum absolute atomic E-state index is 0.119. The van der Waals surface area contributed by atoms with E-state index in [1.165, 1.54) is 22.3 Å². The van der Waals surface area contributed by atoms with Gasteiger partial charge in [-0.05, 0) is 56.5 Å². The lowest BCUT2D eigenvalue weighted by atomic mass is 9.99. The van der Waals surface area contributed by atoms with Gasteiger partial charge in [-0.15, -0.1) is 11.3 Å². The summed E-state index contributed by atoms with van der Waals surface area (Å²) in [6.07, 6.45) is 1.56. The number of aromatic nitrogens is 4. The highest BCUT2D eigenvalue weighted by Gasteiger charge is 2.35. The van der Waals surface area contributed by atoms with Gasteiger partial charge >= 0.3 is 0 Å². The minimum atomic E-state index is -1.03. The van der Waals surface area contributed by atoms with Crippen molar-refractivity contribution in [1.29, 1.82) is 0 Å². The van der Waals surface area contributed by atoms with Crippen LogP contribution in [0.15, 0.2) is 46.3 Å². The van der Waals surface area contributed by atoms with Crippen molar-refractivity contribution in [3.05, 3.63) is 76.4 Å². The molecule has 1 fully saturated rings. The van der Waals surface area contributed by atoms with E-state index in [0.29, 0.717) is 40.8 Å². The van der Waals surface area contributed by atoms with E-state index in [1.54, 1.807) is 7.05 Å². The Labute approximate surface area is 237 Å². The number of nitrogens with zero attached hydrogens (tertiary/aromatic N) is 5. The molecule has 6 rings (SSSR count). The molecule has 2 amide bonds. The minimum Gasteiger partial charge on any atom is -0.361 e. The number of rotatable bonds is 6. The first kappa shape index (κ1) is 26.8. The lowest BCUT2D eigenvalue weighted by molar-refractivity contribution is -0.121. The maximum absolute atomic E-state index is 14.3. The van der Waals surface area contributed by atoms with Crippen molar-refractivity contribution in [1.82, 2.24) is 25.0 Å². The fourth-order valence-electron chi connectivity index (χ4n) is 5.38. The molecule has 0 radical (unpaired) electrons. The molecule has 1 unspecified atom stereocenters. The number of thiazole rings is 1. The average Bonchev–Trinajstić information content (AvgIpc) is 3.66. The molecule has 1 atom stereocenters. The molecule has 1 aliphatic rings. The Morgan fingerprint density at radius 2 is 1.98 bits per heavy atom. The normalized spacial score (nSPS) is 15.6. The molecule has 0 aliphatic carbocycles. The number of fused-ring (bicyclic) bond motifs is 1. The highest BCUT2D eigenvalue weighted by Crippen LogP contribution is 2.40. The Kier molecular flexibility index (Phi) is 6.86. The monoisotopic (exact) mass is 576 g/mol. The van der Waals surface area contributed by atoms with Crippen LogP contribution in [0.5, 0.6) is 0 Å². The molecule has 12 heteroatoms. The number of hydrogen-bond donors (Lipinski definition) is 1. The van der Waals surface area contributed by atoms with Gasteiger partial charge in [0.25, 0.3) is 0 Å². The summed E-state index contributed by atoms with van der Waals surface area (Å²) in [5, 5.41) is 9.08. The lowest BCUT2D eigenvalue weighted by Crippen LogP contribution is -2.39. The number of nitrogens with one attached hydrogen (secondary N) is 1. The van der Waals surface area contributed by atoms with Crippen LogP contribution in [0.25, 0.3) is 27.3 Å². The number of hydrogen-bond acceptors (Lipinski definition) is 7. The molecule has 0 spiro atoms. The number of anilines is 1. The first-order valence-electron chi connectivity index (χ1n) is 13.1. The van der Waals surface area contributed by atoms with Gasteiger partial charge in [0.2, 0.25) is 11.8 Å². The molecular weight excluding hydrogens is 550 g/mol. The maximum atomic E-state index is 14.3. The van der Waals surface area contributed by atoms with Gasteiger partial charge in [-0.25, -0.2) is 18.7 Å². The molecule has 210 valence electrons. The quantitative estimate of drug-likeness (QED) is 0.283. The summed E-state index contributed by atoms with van der Waals surface area (Å²) < 4.78 is 35.4. The fraction of sp³-hybridized carbons (Fsp3) is 0.276. The Balaban J connectivity index is 1.54. The van der Waals surface area contributed by atoms with Crippen molar-refractivity contribution in [2.75, 3.05) is 11.9 Å². The molecule has 1 N–H and O–H groups in total. The lowest BCUT2D eigenvalue weighted by Gasteiger charge is -2.35. The average molecular weight is 577 g/mol. The number of carbonyl (C=O) groups is 2. The van der Waals surface area contributed by atoms with Gasteiger partial charge in [0.1, 0.15) is 11.6 Å². The van der Waals surface area contributed by atoms with E-state index in [-0.39, 0.29) is 30.3 Å². The van der Waals surface area contributed by atoms with Crippen LogP contribution in [-0.2, 0) is 16.0 Å². The molecule has 5 aromatic rings. The van der Waals surface area contributed by atoms with Gasteiger partial charge in [0.15, 0.2) is 16.8 Å². The fourth-order valence-corrected chi connectivity index (χ4v) is 6.23. The van der Waals surface area contributed by atoms with Gasteiger partial charge in [0.05, 0.1) is 34.9 Å². The SMILES string of the molecule is CNC(=O)Cc1csc(-n2c(C3CCCC(=O)N3c3ccc(F)c(F)c3)nc3cc(-c4c(C)noc4C)ccc32)n1. The number of likely N-dealkylation sites (N-methyl/N-ethyl adjacent to an activating group) is 1. The summed E-state index contributed by atoms with van der Waals surface area (Å²) in [6.45, 7) is 3.72. The molecule has 0 saturated carbocycles.